The van der Waals surface area contributed by atoms with E-state index < -0.39 is 20.0 Å². The Hall–Kier alpha value is -3.88. The lowest BCUT2D eigenvalue weighted by Crippen LogP contribution is -2.45. The molecule has 0 aromatic rings. The second-order valence-electron chi connectivity index (χ2n) is 19.9. The maximum absolute atomic E-state index is 12.9. The van der Waals surface area contributed by atoms with Crippen LogP contribution in [0.1, 0.15) is 194 Å². The number of amides is 1. The monoisotopic (exact) mass is 1040 g/mol. The molecular formula is C65H108N2O6P+. The van der Waals surface area contributed by atoms with Gasteiger partial charge < -0.3 is 19.8 Å². The van der Waals surface area contributed by atoms with Crippen molar-refractivity contribution < 1.29 is 32.9 Å². The number of aliphatic hydroxyl groups is 1. The number of hydrogen-bond donors (Lipinski definition) is 3. The minimum atomic E-state index is -4.36. The Morgan fingerprint density at radius 2 is 0.811 bits per heavy atom. The maximum atomic E-state index is 12.9. The summed E-state index contributed by atoms with van der Waals surface area (Å²) >= 11 is 0. The summed E-state index contributed by atoms with van der Waals surface area (Å²) in [6, 6.07) is -0.870. The number of nitrogens with one attached hydrogen (secondary N) is 1. The fourth-order valence-corrected chi connectivity index (χ4v) is 7.99. The van der Waals surface area contributed by atoms with Crippen LogP contribution in [-0.4, -0.2) is 73.4 Å². The molecule has 0 aromatic heterocycles. The predicted molar refractivity (Wildman–Crippen MR) is 322 cm³/mol. The van der Waals surface area contributed by atoms with E-state index in [9.17, 15) is 19.4 Å². The van der Waals surface area contributed by atoms with E-state index in [0.29, 0.717) is 17.4 Å². The summed E-state index contributed by atoms with van der Waals surface area (Å²) in [5.41, 5.74) is 0. The van der Waals surface area contributed by atoms with Crippen LogP contribution < -0.4 is 5.32 Å². The second-order valence-corrected chi connectivity index (χ2v) is 21.4. The lowest BCUT2D eigenvalue weighted by atomic mass is 10.1. The molecule has 0 saturated carbocycles. The van der Waals surface area contributed by atoms with Gasteiger partial charge in [0.15, 0.2) is 0 Å². The number of carbonyl (C=O) groups is 1. The number of phosphoric acid groups is 1. The van der Waals surface area contributed by atoms with E-state index in [-0.39, 0.29) is 19.1 Å². The van der Waals surface area contributed by atoms with E-state index in [1.165, 1.54) is 44.9 Å². The number of quaternary nitrogens is 1. The summed E-state index contributed by atoms with van der Waals surface area (Å²) in [7, 11) is 1.53. The average molecular weight is 1040 g/mol. The van der Waals surface area contributed by atoms with Gasteiger partial charge in [-0.05, 0) is 109 Å². The van der Waals surface area contributed by atoms with Crippen molar-refractivity contribution in [2.75, 3.05) is 40.9 Å². The van der Waals surface area contributed by atoms with Gasteiger partial charge in [0.2, 0.25) is 5.91 Å². The van der Waals surface area contributed by atoms with Crippen LogP contribution in [0.2, 0.25) is 0 Å². The molecular weight excluding hydrogens is 936 g/mol. The summed E-state index contributed by atoms with van der Waals surface area (Å²) < 4.78 is 23.6. The van der Waals surface area contributed by atoms with Gasteiger partial charge in [-0.15, -0.1) is 0 Å². The molecule has 74 heavy (non-hydrogen) atoms. The Bertz CT molecular complexity index is 1750. The molecule has 3 unspecified atom stereocenters. The molecule has 0 aliphatic heterocycles. The van der Waals surface area contributed by atoms with E-state index in [1.807, 2.05) is 27.2 Å². The third-order valence-corrected chi connectivity index (χ3v) is 12.7. The molecule has 0 aromatic carbocycles. The van der Waals surface area contributed by atoms with Crippen molar-refractivity contribution in [3.63, 3.8) is 0 Å². The Morgan fingerprint density at radius 1 is 0.473 bits per heavy atom. The summed E-state index contributed by atoms with van der Waals surface area (Å²) in [5.74, 6) is -0.210. The van der Waals surface area contributed by atoms with Crippen LogP contribution in [0.5, 0.6) is 0 Å². The highest BCUT2D eigenvalue weighted by Gasteiger charge is 2.27. The highest BCUT2D eigenvalue weighted by Crippen LogP contribution is 2.43. The molecule has 0 heterocycles. The van der Waals surface area contributed by atoms with E-state index in [2.05, 4.69) is 165 Å². The molecule has 9 heteroatoms. The molecule has 3 atom stereocenters. The first-order valence-corrected chi connectivity index (χ1v) is 30.4. The fraction of sp³-hybridized carbons (Fsp3) is 0.585. The number of likely N-dealkylation sites (N-methyl/N-ethyl adjacent to an activating group) is 1. The first-order chi connectivity index (χ1) is 36.0. The van der Waals surface area contributed by atoms with Crippen LogP contribution in [0.15, 0.2) is 158 Å². The summed E-state index contributed by atoms with van der Waals surface area (Å²) in [4.78, 5) is 23.2. The van der Waals surface area contributed by atoms with Crippen molar-refractivity contribution in [3.05, 3.63) is 158 Å². The van der Waals surface area contributed by atoms with Crippen LogP contribution in [-0.2, 0) is 18.4 Å². The van der Waals surface area contributed by atoms with Crippen LogP contribution in [0.3, 0.4) is 0 Å². The molecule has 418 valence electrons. The van der Waals surface area contributed by atoms with Crippen molar-refractivity contribution in [1.29, 1.82) is 0 Å². The molecule has 0 saturated heterocycles. The Morgan fingerprint density at radius 3 is 1.19 bits per heavy atom. The number of unbranched alkanes of at least 4 members (excludes halogenated alkanes) is 13. The van der Waals surface area contributed by atoms with Crippen molar-refractivity contribution >= 4 is 13.7 Å². The molecule has 0 bridgehead atoms. The van der Waals surface area contributed by atoms with Crippen LogP contribution in [0.4, 0.5) is 0 Å². The van der Waals surface area contributed by atoms with Crippen LogP contribution >= 0.6 is 7.82 Å². The van der Waals surface area contributed by atoms with Gasteiger partial charge in [-0.1, -0.05) is 236 Å². The zero-order chi connectivity index (χ0) is 54.2. The first-order valence-electron chi connectivity index (χ1n) is 28.9. The highest BCUT2D eigenvalue weighted by atomic mass is 31.2. The number of rotatable bonds is 50. The van der Waals surface area contributed by atoms with Crippen molar-refractivity contribution in [2.45, 2.75) is 206 Å². The zero-order valence-electron chi connectivity index (χ0n) is 47.5. The zero-order valence-corrected chi connectivity index (χ0v) is 48.4. The van der Waals surface area contributed by atoms with E-state index in [4.69, 9.17) is 9.05 Å². The quantitative estimate of drug-likeness (QED) is 0.0243. The second kappa shape index (κ2) is 53.9. The van der Waals surface area contributed by atoms with Gasteiger partial charge in [0, 0.05) is 6.42 Å². The molecule has 0 fully saturated rings. The van der Waals surface area contributed by atoms with E-state index in [1.54, 1.807) is 6.08 Å². The van der Waals surface area contributed by atoms with Crippen molar-refractivity contribution in [1.82, 2.24) is 5.32 Å². The summed E-state index contributed by atoms with van der Waals surface area (Å²) in [6.07, 6.45) is 85.0. The van der Waals surface area contributed by atoms with Gasteiger partial charge in [-0.2, -0.15) is 0 Å². The summed E-state index contributed by atoms with van der Waals surface area (Å²) in [5, 5.41) is 13.8. The Balaban J connectivity index is 4.17. The number of allylic oxidation sites excluding steroid dienone is 25. The van der Waals surface area contributed by atoms with E-state index >= 15 is 0 Å². The Kier molecular flexibility index (Phi) is 51.1. The lowest BCUT2D eigenvalue weighted by Gasteiger charge is -2.25. The predicted octanol–water partition coefficient (Wildman–Crippen LogP) is 17.9. The Labute approximate surface area is 454 Å². The van der Waals surface area contributed by atoms with Gasteiger partial charge >= 0.3 is 7.82 Å². The van der Waals surface area contributed by atoms with Gasteiger partial charge in [0.1, 0.15) is 13.2 Å². The number of carbonyl (C=O) groups excluding carboxylic acids is 1. The van der Waals surface area contributed by atoms with Crippen LogP contribution in [0.25, 0.3) is 0 Å². The molecule has 0 aliphatic rings. The third-order valence-electron chi connectivity index (χ3n) is 11.8. The van der Waals surface area contributed by atoms with Gasteiger partial charge in [0.25, 0.3) is 0 Å². The minimum absolute atomic E-state index is 0.0477. The largest absolute Gasteiger partial charge is 0.472 e. The normalized spacial score (nSPS) is 15.1. The number of nitrogens with zero attached hydrogens (tertiary/aromatic N) is 1. The van der Waals surface area contributed by atoms with Crippen molar-refractivity contribution in [2.24, 2.45) is 0 Å². The van der Waals surface area contributed by atoms with Crippen LogP contribution in [0, 0.1) is 0 Å². The van der Waals surface area contributed by atoms with Gasteiger partial charge in [-0.25, -0.2) is 4.57 Å². The summed E-state index contributed by atoms with van der Waals surface area (Å²) in [6.45, 7) is 4.63. The minimum Gasteiger partial charge on any atom is -0.387 e. The fourth-order valence-electron chi connectivity index (χ4n) is 7.26. The highest BCUT2D eigenvalue weighted by molar-refractivity contribution is 7.47. The average Bonchev–Trinajstić information content (AvgIpc) is 3.36. The molecule has 8 nitrogen and oxygen atoms in total. The first kappa shape index (κ1) is 70.1. The van der Waals surface area contributed by atoms with Crippen molar-refractivity contribution in [3.8, 4) is 0 Å². The molecule has 0 aliphatic carbocycles. The smallest absolute Gasteiger partial charge is 0.387 e. The maximum Gasteiger partial charge on any atom is 0.472 e. The number of aliphatic hydroxyl groups excluding tert-OH is 1. The SMILES string of the molecule is CC/C=C\C/C=C\C/C=C\C/C=C\C/C=C\C/C=C\C/C=C\C/C=C\C/C=C\C/C=C\C/C=C\C/C=C\CCCCCCC(=O)NC(COP(=O)(O)OCC[N+](C)(C)C)C(O)/C=C/CCCCCCCCCCC. The standard InChI is InChI=1S/C65H107N2O6P/c1-6-8-10-12-14-16-18-19-20-21-22-23-24-25-26-27-28-29-30-31-32-33-34-35-36-37-38-39-40-41-42-43-44-45-46-47-49-51-53-55-57-59-65(69)66-63(62-73-74(70,71)72-61-60-67(3,4)5)64(68)58-56-54-52-50-48-17-15-13-11-9-7-2/h8,10,14,16,19-20,22-23,25-26,28-29,31-32,34-35,37-38,40-41,43-44,46-47,56,58,63-64,68H,6-7,9,11-13,15,17-18,21,24,27,30,33,36,39,42,45,48-55,57,59-62H2,1-5H3,(H-,66,69,70,71)/p+1/b10-8-,16-14-,20-19-,23-22-,26-25-,29-28-,32-31-,35-34-,38-37-,41-40-,44-43-,47-46-,58-56+. The van der Waals surface area contributed by atoms with Gasteiger partial charge in [-0.3, -0.25) is 13.8 Å². The molecule has 0 spiro atoms. The van der Waals surface area contributed by atoms with Gasteiger partial charge in [0.05, 0.1) is 39.9 Å². The third kappa shape index (κ3) is 55.9. The topological polar surface area (TPSA) is 105 Å². The molecule has 3 N–H and O–H groups in total. The molecule has 0 radical (unpaired) electrons. The number of phosphoric ester groups is 1. The lowest BCUT2D eigenvalue weighted by molar-refractivity contribution is -0.870. The molecule has 0 rings (SSSR count). The number of hydrogen-bond acceptors (Lipinski definition) is 5. The van der Waals surface area contributed by atoms with E-state index in [0.717, 1.165) is 128 Å². The molecule has 1 amide bonds.